The highest BCUT2D eigenvalue weighted by molar-refractivity contribution is 7.18. The monoisotopic (exact) mass is 339 g/mol. The van der Waals surface area contributed by atoms with Crippen molar-refractivity contribution in [2.24, 2.45) is 0 Å². The smallest absolute Gasteiger partial charge is 0.150 e. The zero-order chi connectivity index (χ0) is 16.6. The molecule has 1 fully saturated rings. The van der Waals surface area contributed by atoms with Crippen molar-refractivity contribution >= 4 is 27.4 Å². The number of hydrogen-bond donors (Lipinski definition) is 1. The summed E-state index contributed by atoms with van der Waals surface area (Å²) in [5.41, 5.74) is 3.39. The molecule has 4 rings (SSSR count). The topological polar surface area (TPSA) is 49.2 Å². The SMILES string of the molecule is Cc1csc2c(N3CCC(CO)(c4ccccc4)CC3)ncnc12. The summed E-state index contributed by atoms with van der Waals surface area (Å²) in [6.45, 7) is 4.09. The summed E-state index contributed by atoms with van der Waals surface area (Å²) in [6.07, 6.45) is 3.54. The maximum atomic E-state index is 10.1. The number of aliphatic hydroxyl groups is 1. The highest BCUT2D eigenvalue weighted by Crippen LogP contribution is 2.38. The molecule has 5 heteroatoms. The number of anilines is 1. The van der Waals surface area contributed by atoms with E-state index in [1.165, 1.54) is 15.8 Å². The van der Waals surface area contributed by atoms with Crippen LogP contribution in [0.5, 0.6) is 0 Å². The minimum atomic E-state index is -0.130. The number of thiophene rings is 1. The molecule has 1 saturated heterocycles. The Hall–Kier alpha value is -1.98. The van der Waals surface area contributed by atoms with Crippen LogP contribution in [0.15, 0.2) is 42.0 Å². The van der Waals surface area contributed by atoms with Crippen LogP contribution in [0.1, 0.15) is 24.0 Å². The lowest BCUT2D eigenvalue weighted by molar-refractivity contribution is 0.165. The van der Waals surface area contributed by atoms with Gasteiger partial charge in [0.2, 0.25) is 0 Å². The highest BCUT2D eigenvalue weighted by Gasteiger charge is 2.36. The molecule has 0 unspecified atom stereocenters. The molecule has 24 heavy (non-hydrogen) atoms. The van der Waals surface area contributed by atoms with E-state index in [0.717, 1.165) is 37.3 Å². The fraction of sp³-hybridized carbons (Fsp3) is 0.368. The second-order valence-electron chi connectivity index (χ2n) is 6.59. The van der Waals surface area contributed by atoms with Crippen molar-refractivity contribution < 1.29 is 5.11 Å². The van der Waals surface area contributed by atoms with Gasteiger partial charge in [0.05, 0.1) is 16.8 Å². The molecule has 4 nitrogen and oxygen atoms in total. The van der Waals surface area contributed by atoms with Gasteiger partial charge in [-0.1, -0.05) is 30.3 Å². The molecule has 1 N–H and O–H groups in total. The van der Waals surface area contributed by atoms with Crippen molar-refractivity contribution in [1.82, 2.24) is 9.97 Å². The molecule has 0 amide bonds. The first kappa shape index (κ1) is 15.5. The number of nitrogens with zero attached hydrogens (tertiary/aromatic N) is 3. The van der Waals surface area contributed by atoms with Gasteiger partial charge >= 0.3 is 0 Å². The van der Waals surface area contributed by atoms with E-state index < -0.39 is 0 Å². The van der Waals surface area contributed by atoms with E-state index in [1.54, 1.807) is 17.7 Å². The second kappa shape index (κ2) is 6.15. The molecule has 0 saturated carbocycles. The lowest BCUT2D eigenvalue weighted by Crippen LogP contribution is -2.45. The lowest BCUT2D eigenvalue weighted by atomic mass is 9.73. The molecule has 0 spiro atoms. The first-order valence-electron chi connectivity index (χ1n) is 8.34. The van der Waals surface area contributed by atoms with Crippen LogP contribution in [0.25, 0.3) is 10.2 Å². The Labute approximate surface area is 145 Å². The van der Waals surface area contributed by atoms with Gasteiger partial charge < -0.3 is 10.0 Å². The summed E-state index contributed by atoms with van der Waals surface area (Å²) < 4.78 is 1.17. The average Bonchev–Trinajstić information content (AvgIpc) is 3.04. The minimum Gasteiger partial charge on any atom is -0.395 e. The van der Waals surface area contributed by atoms with Crippen molar-refractivity contribution in [2.75, 3.05) is 24.6 Å². The van der Waals surface area contributed by atoms with E-state index in [2.05, 4.69) is 51.4 Å². The fourth-order valence-corrected chi connectivity index (χ4v) is 4.68. The molecule has 1 aromatic carbocycles. The van der Waals surface area contributed by atoms with Crippen molar-refractivity contribution in [3.63, 3.8) is 0 Å². The molecule has 1 aliphatic heterocycles. The van der Waals surface area contributed by atoms with Gasteiger partial charge in [-0.05, 0) is 36.3 Å². The molecule has 2 aromatic heterocycles. The van der Waals surface area contributed by atoms with E-state index in [4.69, 9.17) is 0 Å². The quantitative estimate of drug-likeness (QED) is 0.793. The number of benzene rings is 1. The third-order valence-electron chi connectivity index (χ3n) is 5.22. The number of aromatic nitrogens is 2. The molecule has 0 atom stereocenters. The summed E-state index contributed by atoms with van der Waals surface area (Å²) in [4.78, 5) is 11.3. The number of aryl methyl sites for hydroxylation is 1. The molecule has 0 bridgehead atoms. The number of aliphatic hydroxyl groups excluding tert-OH is 1. The van der Waals surface area contributed by atoms with Gasteiger partial charge in [-0.2, -0.15) is 0 Å². The Morgan fingerprint density at radius 2 is 1.92 bits per heavy atom. The zero-order valence-corrected chi connectivity index (χ0v) is 14.6. The first-order chi connectivity index (χ1) is 11.7. The van der Waals surface area contributed by atoms with Crippen LogP contribution in [0.3, 0.4) is 0 Å². The van der Waals surface area contributed by atoms with Gasteiger partial charge in [0, 0.05) is 18.5 Å². The molecule has 0 radical (unpaired) electrons. The van der Waals surface area contributed by atoms with Crippen molar-refractivity contribution in [3.05, 3.63) is 53.2 Å². The molecule has 124 valence electrons. The molecular formula is C19H21N3OS. The standard InChI is InChI=1S/C19H21N3OS/c1-14-11-24-17-16(14)20-13-21-18(17)22-9-7-19(12-23,8-10-22)15-5-3-2-4-6-15/h2-6,11,13,23H,7-10,12H2,1H3. The van der Waals surface area contributed by atoms with E-state index in [9.17, 15) is 5.11 Å². The van der Waals surface area contributed by atoms with Crippen LogP contribution in [0, 0.1) is 6.92 Å². The normalized spacial score (nSPS) is 17.3. The zero-order valence-electron chi connectivity index (χ0n) is 13.8. The van der Waals surface area contributed by atoms with Crippen LogP contribution in [0.4, 0.5) is 5.82 Å². The van der Waals surface area contributed by atoms with Crippen LogP contribution in [0.2, 0.25) is 0 Å². The number of fused-ring (bicyclic) bond motifs is 1. The molecular weight excluding hydrogens is 318 g/mol. The Morgan fingerprint density at radius 1 is 1.17 bits per heavy atom. The lowest BCUT2D eigenvalue weighted by Gasteiger charge is -2.41. The van der Waals surface area contributed by atoms with Crippen LogP contribution in [-0.2, 0) is 5.41 Å². The summed E-state index contributed by atoms with van der Waals surface area (Å²) in [5, 5.41) is 12.2. The fourth-order valence-electron chi connectivity index (χ4n) is 3.66. The van der Waals surface area contributed by atoms with Crippen LogP contribution >= 0.6 is 11.3 Å². The Kier molecular flexibility index (Phi) is 3.98. The number of hydrogen-bond acceptors (Lipinski definition) is 5. The minimum absolute atomic E-state index is 0.130. The largest absolute Gasteiger partial charge is 0.395 e. The summed E-state index contributed by atoms with van der Waals surface area (Å²) >= 11 is 1.72. The molecule has 0 aliphatic carbocycles. The summed E-state index contributed by atoms with van der Waals surface area (Å²) in [6, 6.07) is 10.4. The van der Waals surface area contributed by atoms with Gasteiger partial charge in [-0.15, -0.1) is 11.3 Å². The van der Waals surface area contributed by atoms with Gasteiger partial charge in [0.25, 0.3) is 0 Å². The predicted molar refractivity (Wildman–Crippen MR) is 98.8 cm³/mol. The van der Waals surface area contributed by atoms with Gasteiger partial charge in [-0.25, -0.2) is 9.97 Å². The summed E-state index contributed by atoms with van der Waals surface area (Å²) in [7, 11) is 0. The van der Waals surface area contributed by atoms with Crippen LogP contribution in [-0.4, -0.2) is 34.8 Å². The van der Waals surface area contributed by atoms with E-state index >= 15 is 0 Å². The van der Waals surface area contributed by atoms with Crippen molar-refractivity contribution in [3.8, 4) is 0 Å². The van der Waals surface area contributed by atoms with E-state index in [1.807, 2.05) is 6.07 Å². The summed E-state index contributed by atoms with van der Waals surface area (Å²) in [5.74, 6) is 1.04. The maximum Gasteiger partial charge on any atom is 0.150 e. The maximum absolute atomic E-state index is 10.1. The molecule has 3 aromatic rings. The molecule has 3 heterocycles. The highest BCUT2D eigenvalue weighted by atomic mass is 32.1. The van der Waals surface area contributed by atoms with Gasteiger partial charge in [0.1, 0.15) is 12.1 Å². The van der Waals surface area contributed by atoms with E-state index in [-0.39, 0.29) is 12.0 Å². The third-order valence-corrected chi connectivity index (χ3v) is 6.30. The van der Waals surface area contributed by atoms with Gasteiger partial charge in [0.15, 0.2) is 0 Å². The Bertz CT molecular complexity index is 838. The van der Waals surface area contributed by atoms with Crippen molar-refractivity contribution in [2.45, 2.75) is 25.2 Å². The number of rotatable bonds is 3. The van der Waals surface area contributed by atoms with E-state index in [0.29, 0.717) is 0 Å². The molecule has 1 aliphatic rings. The predicted octanol–water partition coefficient (Wildman–Crippen LogP) is 3.53. The van der Waals surface area contributed by atoms with Crippen LogP contribution < -0.4 is 4.90 Å². The van der Waals surface area contributed by atoms with Gasteiger partial charge in [-0.3, -0.25) is 0 Å². The average molecular weight is 339 g/mol. The first-order valence-corrected chi connectivity index (χ1v) is 9.22. The second-order valence-corrected chi connectivity index (χ2v) is 7.46. The Balaban J connectivity index is 1.61. The number of piperidine rings is 1. The Morgan fingerprint density at radius 3 is 2.62 bits per heavy atom. The third kappa shape index (κ3) is 2.48. The van der Waals surface area contributed by atoms with Crippen molar-refractivity contribution in [1.29, 1.82) is 0 Å².